The Morgan fingerprint density at radius 2 is 1.84 bits per heavy atom. The molecule has 25 heavy (non-hydrogen) atoms. The predicted octanol–water partition coefficient (Wildman–Crippen LogP) is 2.13. The van der Waals surface area contributed by atoms with Crippen LogP contribution in [-0.4, -0.2) is 22.8 Å². The van der Waals surface area contributed by atoms with Crippen molar-refractivity contribution < 1.29 is 19.2 Å². The number of rotatable bonds is 5. The molecule has 0 fully saturated rings. The Kier molecular flexibility index (Phi) is 5.67. The number of nitrogens with one attached hydrogen (secondary N) is 2. The zero-order chi connectivity index (χ0) is 18.4. The molecule has 0 heterocycles. The van der Waals surface area contributed by atoms with Crippen molar-refractivity contribution in [3.8, 4) is 5.75 Å². The minimum Gasteiger partial charge on any atom is -0.474 e. The van der Waals surface area contributed by atoms with Crippen molar-refractivity contribution in [1.29, 1.82) is 0 Å². The number of aryl methyl sites for hydroxylation is 1. The number of benzene rings is 2. The van der Waals surface area contributed by atoms with E-state index in [4.69, 9.17) is 4.74 Å². The van der Waals surface area contributed by atoms with Gasteiger partial charge in [-0.3, -0.25) is 30.6 Å². The van der Waals surface area contributed by atoms with Gasteiger partial charge in [0.15, 0.2) is 11.9 Å². The van der Waals surface area contributed by atoms with Crippen molar-refractivity contribution >= 4 is 17.5 Å². The van der Waals surface area contributed by atoms with E-state index in [1.165, 1.54) is 25.1 Å². The lowest BCUT2D eigenvalue weighted by Gasteiger charge is -2.15. The van der Waals surface area contributed by atoms with Gasteiger partial charge in [-0.1, -0.05) is 29.8 Å². The van der Waals surface area contributed by atoms with E-state index in [1.54, 1.807) is 24.3 Å². The Balaban J connectivity index is 1.95. The minimum absolute atomic E-state index is 0.0276. The van der Waals surface area contributed by atoms with E-state index in [1.807, 2.05) is 13.0 Å². The molecule has 0 aliphatic heterocycles. The van der Waals surface area contributed by atoms with Gasteiger partial charge in [0, 0.05) is 11.6 Å². The van der Waals surface area contributed by atoms with Crippen LogP contribution in [0, 0.1) is 17.0 Å². The summed E-state index contributed by atoms with van der Waals surface area (Å²) in [5.74, 6) is -1.14. The number of nitro benzene ring substituents is 1. The van der Waals surface area contributed by atoms with Gasteiger partial charge < -0.3 is 4.74 Å². The van der Waals surface area contributed by atoms with Gasteiger partial charge >= 0.3 is 5.69 Å². The highest BCUT2D eigenvalue weighted by Crippen LogP contribution is 2.26. The number of nitro groups is 1. The van der Waals surface area contributed by atoms with E-state index >= 15 is 0 Å². The molecular weight excluding hydrogens is 326 g/mol. The number of amides is 2. The molecule has 0 radical (unpaired) electrons. The number of hydrogen-bond donors (Lipinski definition) is 2. The first-order valence-corrected chi connectivity index (χ1v) is 7.45. The third kappa shape index (κ3) is 4.77. The lowest BCUT2D eigenvalue weighted by atomic mass is 10.1. The SMILES string of the molecule is Cc1cccc(C(=O)NNC(=O)[C@H](C)Oc2ccccc2[N+](=O)[O-])c1. The fraction of sp³-hybridized carbons (Fsp3) is 0.176. The van der Waals surface area contributed by atoms with Crippen LogP contribution < -0.4 is 15.6 Å². The minimum atomic E-state index is -1.04. The van der Waals surface area contributed by atoms with Crippen LogP contribution >= 0.6 is 0 Å². The molecule has 130 valence electrons. The van der Waals surface area contributed by atoms with Crippen molar-refractivity contribution in [2.75, 3.05) is 0 Å². The van der Waals surface area contributed by atoms with Crippen molar-refractivity contribution in [2.45, 2.75) is 20.0 Å². The molecule has 2 aromatic rings. The zero-order valence-electron chi connectivity index (χ0n) is 13.7. The summed E-state index contributed by atoms with van der Waals surface area (Å²) < 4.78 is 5.32. The first kappa shape index (κ1) is 17.9. The van der Waals surface area contributed by atoms with Crippen LogP contribution in [0.4, 0.5) is 5.69 Å². The standard InChI is InChI=1S/C17H17N3O5/c1-11-6-5-7-13(10-11)17(22)19-18-16(21)12(2)25-15-9-4-3-8-14(15)20(23)24/h3-10,12H,1-2H3,(H,18,21)(H,19,22)/t12-/m0/s1. The van der Waals surface area contributed by atoms with Crippen molar-refractivity contribution in [1.82, 2.24) is 10.9 Å². The van der Waals surface area contributed by atoms with E-state index in [0.29, 0.717) is 5.56 Å². The average molecular weight is 343 g/mol. The first-order valence-electron chi connectivity index (χ1n) is 7.45. The van der Waals surface area contributed by atoms with E-state index in [0.717, 1.165) is 5.56 Å². The summed E-state index contributed by atoms with van der Waals surface area (Å²) in [4.78, 5) is 34.3. The van der Waals surface area contributed by atoms with Crippen LogP contribution in [0.3, 0.4) is 0 Å². The second-order valence-corrected chi connectivity index (χ2v) is 5.30. The molecule has 2 amide bonds. The summed E-state index contributed by atoms with van der Waals surface area (Å²) in [5.41, 5.74) is 5.57. The summed E-state index contributed by atoms with van der Waals surface area (Å²) in [6, 6.07) is 12.6. The second kappa shape index (κ2) is 7.91. The van der Waals surface area contributed by atoms with Gasteiger partial charge in [0.05, 0.1) is 4.92 Å². The normalized spacial score (nSPS) is 11.3. The molecule has 0 saturated carbocycles. The Morgan fingerprint density at radius 3 is 2.52 bits per heavy atom. The molecule has 2 aromatic carbocycles. The average Bonchev–Trinajstić information content (AvgIpc) is 2.59. The van der Waals surface area contributed by atoms with Crippen LogP contribution in [-0.2, 0) is 4.79 Å². The predicted molar refractivity (Wildman–Crippen MR) is 90.0 cm³/mol. The number of carbonyl (C=O) groups is 2. The number of nitrogens with zero attached hydrogens (tertiary/aromatic N) is 1. The molecule has 0 aliphatic rings. The number of ether oxygens (including phenoxy) is 1. The zero-order valence-corrected chi connectivity index (χ0v) is 13.7. The van der Waals surface area contributed by atoms with Crippen molar-refractivity contribution in [3.05, 3.63) is 69.8 Å². The van der Waals surface area contributed by atoms with Gasteiger partial charge in [-0.25, -0.2) is 0 Å². The molecule has 8 heteroatoms. The number of hydrogen-bond acceptors (Lipinski definition) is 5. The molecule has 0 unspecified atom stereocenters. The maximum atomic E-state index is 12.0. The van der Waals surface area contributed by atoms with Gasteiger partial charge in [0.2, 0.25) is 0 Å². The monoisotopic (exact) mass is 343 g/mol. The van der Waals surface area contributed by atoms with Gasteiger partial charge in [-0.2, -0.15) is 0 Å². The number of hydrazine groups is 1. The third-order valence-electron chi connectivity index (χ3n) is 3.31. The molecule has 8 nitrogen and oxygen atoms in total. The van der Waals surface area contributed by atoms with Gasteiger partial charge in [0.1, 0.15) is 0 Å². The second-order valence-electron chi connectivity index (χ2n) is 5.30. The Labute approximate surface area is 143 Å². The summed E-state index contributed by atoms with van der Waals surface area (Å²) in [6.45, 7) is 3.27. The molecule has 0 saturated heterocycles. The van der Waals surface area contributed by atoms with E-state index in [9.17, 15) is 19.7 Å². The van der Waals surface area contributed by atoms with Crippen LogP contribution in [0.15, 0.2) is 48.5 Å². The van der Waals surface area contributed by atoms with Crippen molar-refractivity contribution in [3.63, 3.8) is 0 Å². The van der Waals surface area contributed by atoms with Crippen LogP contribution in [0.5, 0.6) is 5.75 Å². The lowest BCUT2D eigenvalue weighted by molar-refractivity contribution is -0.386. The molecule has 0 bridgehead atoms. The number of para-hydroxylation sites is 2. The summed E-state index contributed by atoms with van der Waals surface area (Å²) in [7, 11) is 0. The van der Waals surface area contributed by atoms with Gasteiger partial charge in [-0.15, -0.1) is 0 Å². The van der Waals surface area contributed by atoms with Gasteiger partial charge in [0.25, 0.3) is 11.8 Å². The molecular formula is C17H17N3O5. The fourth-order valence-corrected chi connectivity index (χ4v) is 2.03. The van der Waals surface area contributed by atoms with Crippen LogP contribution in [0.1, 0.15) is 22.8 Å². The maximum Gasteiger partial charge on any atom is 0.310 e. The Bertz CT molecular complexity index is 806. The quantitative estimate of drug-likeness (QED) is 0.638. The van der Waals surface area contributed by atoms with Crippen LogP contribution in [0.2, 0.25) is 0 Å². The third-order valence-corrected chi connectivity index (χ3v) is 3.31. The highest BCUT2D eigenvalue weighted by atomic mass is 16.6. The molecule has 2 rings (SSSR count). The smallest absolute Gasteiger partial charge is 0.310 e. The summed E-state index contributed by atoms with van der Waals surface area (Å²) in [5, 5.41) is 10.9. The Hall–Kier alpha value is -3.42. The molecule has 1 atom stereocenters. The largest absolute Gasteiger partial charge is 0.474 e. The molecule has 0 aromatic heterocycles. The van der Waals surface area contributed by atoms with Gasteiger partial charge in [-0.05, 0) is 32.0 Å². The van der Waals surface area contributed by atoms with E-state index in [2.05, 4.69) is 10.9 Å². The highest BCUT2D eigenvalue weighted by Gasteiger charge is 2.21. The van der Waals surface area contributed by atoms with E-state index in [-0.39, 0.29) is 11.4 Å². The first-order chi connectivity index (χ1) is 11.9. The lowest BCUT2D eigenvalue weighted by Crippen LogP contribution is -2.47. The molecule has 2 N–H and O–H groups in total. The summed E-state index contributed by atoms with van der Waals surface area (Å²) in [6.07, 6.45) is -1.04. The highest BCUT2D eigenvalue weighted by molar-refractivity contribution is 5.95. The molecule has 0 spiro atoms. The maximum absolute atomic E-state index is 12.0. The fourth-order valence-electron chi connectivity index (χ4n) is 2.03. The van der Waals surface area contributed by atoms with E-state index < -0.39 is 22.8 Å². The van der Waals surface area contributed by atoms with Crippen LogP contribution in [0.25, 0.3) is 0 Å². The van der Waals surface area contributed by atoms with Crippen molar-refractivity contribution in [2.24, 2.45) is 0 Å². The summed E-state index contributed by atoms with van der Waals surface area (Å²) >= 11 is 0. The Morgan fingerprint density at radius 1 is 1.12 bits per heavy atom. The topological polar surface area (TPSA) is 111 Å². The molecule has 0 aliphatic carbocycles. The number of carbonyl (C=O) groups excluding carboxylic acids is 2.